The maximum Gasteiger partial charge on any atom is 0.0240 e. The van der Waals surface area contributed by atoms with Crippen LogP contribution in [0.25, 0.3) is 0 Å². The van der Waals surface area contributed by atoms with Crippen molar-refractivity contribution in [2.45, 2.75) is 73.4 Å². The molecule has 0 unspecified atom stereocenters. The highest BCUT2D eigenvalue weighted by atomic mass is 15.1. The molecule has 0 radical (unpaired) electrons. The van der Waals surface area contributed by atoms with Gasteiger partial charge in [0.1, 0.15) is 0 Å². The molecule has 2 rings (SSSR count). The van der Waals surface area contributed by atoms with Crippen molar-refractivity contribution in [2.75, 3.05) is 6.54 Å². The number of hydrogen-bond acceptors (Lipinski definition) is 1. The van der Waals surface area contributed by atoms with Crippen LogP contribution in [-0.2, 0) is 18.5 Å². The summed E-state index contributed by atoms with van der Waals surface area (Å²) in [4.78, 5) is 2.48. The van der Waals surface area contributed by atoms with Crippen LogP contribution < -0.4 is 0 Å². The first kappa shape index (κ1) is 25.9. The van der Waals surface area contributed by atoms with Crippen LogP contribution in [0.3, 0.4) is 0 Å². The molecule has 0 aromatic heterocycles. The zero-order chi connectivity index (χ0) is 23.8. The van der Waals surface area contributed by atoms with E-state index in [0.29, 0.717) is 0 Å². The lowest BCUT2D eigenvalue weighted by Crippen LogP contribution is -2.25. The maximum absolute atomic E-state index is 4.38. The second kappa shape index (κ2) is 11.5. The molecular weight excluding hydrogens is 386 g/mol. The summed E-state index contributed by atoms with van der Waals surface area (Å²) in [6.45, 7) is 22.8. The summed E-state index contributed by atoms with van der Waals surface area (Å²) in [5, 5.41) is 0. The van der Waals surface area contributed by atoms with Crippen LogP contribution in [0.1, 0.15) is 71.6 Å². The SMILES string of the molecule is C=C(/C=C\C(=C/CC)C(C)(C)C)CN(Cc1ccccc1)Cc1ccc(C(C)(C)C)cc1. The molecule has 0 aliphatic heterocycles. The van der Waals surface area contributed by atoms with Crippen molar-refractivity contribution >= 4 is 0 Å². The van der Waals surface area contributed by atoms with Gasteiger partial charge in [0, 0.05) is 19.6 Å². The molecule has 0 spiro atoms. The third-order valence-electron chi connectivity index (χ3n) is 5.69. The minimum absolute atomic E-state index is 0.144. The molecule has 2 aromatic rings. The molecule has 0 N–H and O–H groups in total. The number of hydrogen-bond donors (Lipinski definition) is 0. The molecule has 1 heteroatoms. The number of rotatable bonds is 9. The molecule has 0 saturated carbocycles. The van der Waals surface area contributed by atoms with Crippen molar-refractivity contribution in [3.63, 3.8) is 0 Å². The van der Waals surface area contributed by atoms with Gasteiger partial charge in [-0.1, -0.05) is 128 Å². The molecule has 0 fully saturated rings. The lowest BCUT2D eigenvalue weighted by Gasteiger charge is -2.24. The Bertz CT molecular complexity index is 900. The Balaban J connectivity index is 2.17. The van der Waals surface area contributed by atoms with Crippen molar-refractivity contribution in [3.8, 4) is 0 Å². The molecule has 0 aliphatic carbocycles. The van der Waals surface area contributed by atoms with Gasteiger partial charge in [0.25, 0.3) is 0 Å². The molecular formula is C31H43N. The summed E-state index contributed by atoms with van der Waals surface area (Å²) in [6, 6.07) is 19.8. The molecule has 0 aliphatic rings. The Morgan fingerprint density at radius 2 is 1.38 bits per heavy atom. The summed E-state index contributed by atoms with van der Waals surface area (Å²) >= 11 is 0. The van der Waals surface area contributed by atoms with Crippen molar-refractivity contribution in [3.05, 3.63) is 107 Å². The predicted octanol–water partition coefficient (Wildman–Crippen LogP) is 8.48. The van der Waals surface area contributed by atoms with Gasteiger partial charge in [0.2, 0.25) is 0 Å². The summed E-state index contributed by atoms with van der Waals surface area (Å²) in [7, 11) is 0. The highest BCUT2D eigenvalue weighted by Crippen LogP contribution is 2.27. The highest BCUT2D eigenvalue weighted by molar-refractivity contribution is 5.31. The van der Waals surface area contributed by atoms with Gasteiger partial charge in [0.15, 0.2) is 0 Å². The molecule has 1 nitrogen and oxygen atoms in total. The lowest BCUT2D eigenvalue weighted by atomic mass is 9.85. The Kier molecular flexibility index (Phi) is 9.28. The molecule has 0 bridgehead atoms. The molecule has 2 aromatic carbocycles. The summed E-state index contributed by atoms with van der Waals surface area (Å²) in [5.41, 5.74) is 6.88. The van der Waals surface area contributed by atoms with E-state index in [9.17, 15) is 0 Å². The van der Waals surface area contributed by atoms with E-state index in [1.165, 1.54) is 22.3 Å². The van der Waals surface area contributed by atoms with E-state index in [1.807, 2.05) is 0 Å². The zero-order valence-corrected chi connectivity index (χ0v) is 21.4. The van der Waals surface area contributed by atoms with E-state index >= 15 is 0 Å². The maximum atomic E-state index is 4.38. The van der Waals surface area contributed by atoms with E-state index in [-0.39, 0.29) is 10.8 Å². The van der Waals surface area contributed by atoms with E-state index in [4.69, 9.17) is 0 Å². The first-order chi connectivity index (χ1) is 15.0. The minimum atomic E-state index is 0.144. The van der Waals surface area contributed by atoms with Gasteiger partial charge in [-0.2, -0.15) is 0 Å². The van der Waals surface area contributed by atoms with Crippen LogP contribution in [0, 0.1) is 5.41 Å². The van der Waals surface area contributed by atoms with Gasteiger partial charge in [-0.25, -0.2) is 0 Å². The average Bonchev–Trinajstić information content (AvgIpc) is 2.70. The fraction of sp³-hybridized carbons (Fsp3) is 0.419. The quantitative estimate of drug-likeness (QED) is 0.361. The van der Waals surface area contributed by atoms with Crippen LogP contribution in [0.5, 0.6) is 0 Å². The van der Waals surface area contributed by atoms with Crippen LogP contribution in [0.4, 0.5) is 0 Å². The number of nitrogens with zero attached hydrogens (tertiary/aromatic N) is 1. The monoisotopic (exact) mass is 429 g/mol. The molecule has 0 saturated heterocycles. The predicted molar refractivity (Wildman–Crippen MR) is 142 cm³/mol. The molecule has 0 atom stereocenters. The van der Waals surface area contributed by atoms with E-state index in [0.717, 1.165) is 31.6 Å². The largest absolute Gasteiger partial charge is 0.291 e. The van der Waals surface area contributed by atoms with Gasteiger partial charge >= 0.3 is 0 Å². The third kappa shape index (κ3) is 8.63. The smallest absolute Gasteiger partial charge is 0.0240 e. The second-order valence-corrected chi connectivity index (χ2v) is 10.9. The van der Waals surface area contributed by atoms with Crippen LogP contribution in [0.15, 0.2) is 90.6 Å². The lowest BCUT2D eigenvalue weighted by molar-refractivity contribution is 0.281. The Hall–Kier alpha value is -2.38. The van der Waals surface area contributed by atoms with Gasteiger partial charge in [-0.15, -0.1) is 0 Å². The first-order valence-electron chi connectivity index (χ1n) is 11.9. The number of benzene rings is 2. The second-order valence-electron chi connectivity index (χ2n) is 10.9. The molecule has 0 amide bonds. The standard InChI is InChI=1S/C31H43N/c1-9-13-28(30(3,4)5)19-16-25(2)22-32(23-26-14-11-10-12-15-26)24-27-17-20-29(21-18-27)31(6,7)8/h10-21H,2,9,22-24H2,1,3-8H3/b19-16-,28-13+. The Labute approximate surface area is 197 Å². The van der Waals surface area contributed by atoms with Crippen LogP contribution >= 0.6 is 0 Å². The topological polar surface area (TPSA) is 3.24 Å². The Morgan fingerprint density at radius 1 is 0.812 bits per heavy atom. The van der Waals surface area contributed by atoms with Gasteiger partial charge < -0.3 is 0 Å². The zero-order valence-electron chi connectivity index (χ0n) is 21.4. The van der Waals surface area contributed by atoms with Crippen molar-refractivity contribution in [1.29, 1.82) is 0 Å². The summed E-state index contributed by atoms with van der Waals surface area (Å²) in [5.74, 6) is 0. The molecule has 172 valence electrons. The third-order valence-corrected chi connectivity index (χ3v) is 5.69. The van der Waals surface area contributed by atoms with Crippen molar-refractivity contribution in [1.82, 2.24) is 4.90 Å². The number of allylic oxidation sites excluding steroid dienone is 3. The average molecular weight is 430 g/mol. The minimum Gasteiger partial charge on any atom is -0.291 e. The van der Waals surface area contributed by atoms with Gasteiger partial charge in [-0.05, 0) is 45.1 Å². The van der Waals surface area contributed by atoms with Crippen molar-refractivity contribution < 1.29 is 0 Å². The van der Waals surface area contributed by atoms with E-state index in [1.54, 1.807) is 0 Å². The fourth-order valence-corrected chi connectivity index (χ4v) is 3.77. The normalized spacial score (nSPS) is 13.2. The van der Waals surface area contributed by atoms with Crippen molar-refractivity contribution in [2.24, 2.45) is 5.41 Å². The first-order valence-corrected chi connectivity index (χ1v) is 11.9. The molecule has 32 heavy (non-hydrogen) atoms. The van der Waals surface area contributed by atoms with Gasteiger partial charge in [-0.3, -0.25) is 4.90 Å². The van der Waals surface area contributed by atoms with Crippen LogP contribution in [-0.4, -0.2) is 11.4 Å². The van der Waals surface area contributed by atoms with E-state index < -0.39 is 0 Å². The van der Waals surface area contributed by atoms with E-state index in [2.05, 4.69) is 133 Å². The summed E-state index contributed by atoms with van der Waals surface area (Å²) in [6.07, 6.45) is 7.83. The molecule has 0 heterocycles. The fourth-order valence-electron chi connectivity index (χ4n) is 3.77. The highest BCUT2D eigenvalue weighted by Gasteiger charge is 2.15. The van der Waals surface area contributed by atoms with Crippen LogP contribution in [0.2, 0.25) is 0 Å². The Morgan fingerprint density at radius 3 is 1.88 bits per heavy atom. The summed E-state index contributed by atoms with van der Waals surface area (Å²) < 4.78 is 0. The van der Waals surface area contributed by atoms with Gasteiger partial charge in [0.05, 0.1) is 0 Å².